The molecule has 0 aliphatic carbocycles. The largest absolute Gasteiger partial charge is 0.369 e. The van der Waals surface area contributed by atoms with E-state index in [1.165, 1.54) is 11.3 Å². The zero-order valence-electron chi connectivity index (χ0n) is 19.9. The summed E-state index contributed by atoms with van der Waals surface area (Å²) in [6.07, 6.45) is 0. The van der Waals surface area contributed by atoms with Crippen LogP contribution in [0.1, 0.15) is 20.0 Å². The van der Waals surface area contributed by atoms with Gasteiger partial charge in [0.2, 0.25) is 0 Å². The van der Waals surface area contributed by atoms with Crippen LogP contribution in [-0.2, 0) is 0 Å². The number of nitrogens with one attached hydrogen (secondary N) is 3. The van der Waals surface area contributed by atoms with Crippen LogP contribution in [0.3, 0.4) is 0 Å². The van der Waals surface area contributed by atoms with E-state index >= 15 is 0 Å². The molecule has 0 saturated carbocycles. The molecule has 2 amide bonds. The van der Waals surface area contributed by atoms with Gasteiger partial charge in [0.25, 0.3) is 11.8 Å². The first-order valence-electron chi connectivity index (χ1n) is 11.5. The second-order valence-electron chi connectivity index (χ2n) is 8.70. The van der Waals surface area contributed by atoms with Gasteiger partial charge >= 0.3 is 0 Å². The van der Waals surface area contributed by atoms with Gasteiger partial charge < -0.3 is 15.1 Å². The van der Waals surface area contributed by atoms with E-state index in [9.17, 15) is 9.59 Å². The zero-order valence-corrected chi connectivity index (χ0v) is 21.5. The quantitative estimate of drug-likeness (QED) is 0.330. The van der Waals surface area contributed by atoms with Crippen molar-refractivity contribution in [2.24, 2.45) is 0 Å². The summed E-state index contributed by atoms with van der Waals surface area (Å²) in [4.78, 5) is 31.4. The van der Waals surface area contributed by atoms with Gasteiger partial charge in [0, 0.05) is 49.5 Å². The Bertz CT molecular complexity index is 1380. The van der Waals surface area contributed by atoms with Crippen LogP contribution in [0.4, 0.5) is 17.2 Å². The molecule has 9 nitrogen and oxygen atoms in total. The monoisotopic (exact) mass is 523 g/mol. The number of nitrogens with zero attached hydrogens (tertiary/aromatic N) is 4. The highest BCUT2D eigenvalue weighted by molar-refractivity contribution is 7.20. The van der Waals surface area contributed by atoms with Crippen molar-refractivity contribution >= 4 is 62.2 Å². The standard InChI is InChI=1S/C25H26ClN7O2S/c1-31-11-13-33(14-12-31)19-7-3-16(4-8-19)23(34)27-22-20-15-21(36-25(20)29-28-22)24(35)30-32(2)18-9-5-17(26)6-10-18/h3-10,15H,11-14H2,1-2H3,(H,30,35)(H2,27,28,29,34). The van der Waals surface area contributed by atoms with E-state index in [4.69, 9.17) is 11.6 Å². The van der Waals surface area contributed by atoms with Crippen LogP contribution in [0.25, 0.3) is 10.2 Å². The number of aromatic amines is 1. The first kappa shape index (κ1) is 24.1. The highest BCUT2D eigenvalue weighted by Crippen LogP contribution is 2.30. The Morgan fingerprint density at radius 3 is 2.42 bits per heavy atom. The van der Waals surface area contributed by atoms with Gasteiger partial charge in [0.1, 0.15) is 10.6 Å². The summed E-state index contributed by atoms with van der Waals surface area (Å²) in [5, 5.41) is 12.9. The molecule has 0 spiro atoms. The number of fused-ring (bicyclic) bond motifs is 1. The van der Waals surface area contributed by atoms with Crippen LogP contribution in [0.15, 0.2) is 54.6 Å². The maximum absolute atomic E-state index is 12.9. The summed E-state index contributed by atoms with van der Waals surface area (Å²) in [7, 11) is 3.88. The molecule has 36 heavy (non-hydrogen) atoms. The summed E-state index contributed by atoms with van der Waals surface area (Å²) in [6, 6.07) is 16.5. The molecule has 3 heterocycles. The second kappa shape index (κ2) is 10.2. The van der Waals surface area contributed by atoms with Gasteiger partial charge in [-0.2, -0.15) is 5.10 Å². The van der Waals surface area contributed by atoms with Crippen molar-refractivity contribution in [1.82, 2.24) is 20.5 Å². The molecule has 1 saturated heterocycles. The van der Waals surface area contributed by atoms with Gasteiger partial charge in [-0.25, -0.2) is 0 Å². The predicted octanol–water partition coefficient (Wildman–Crippen LogP) is 4.06. The van der Waals surface area contributed by atoms with Crippen molar-refractivity contribution in [3.8, 4) is 0 Å². The molecule has 0 bridgehead atoms. The minimum Gasteiger partial charge on any atom is -0.369 e. The van der Waals surface area contributed by atoms with Crippen molar-refractivity contribution < 1.29 is 9.59 Å². The Hall–Kier alpha value is -3.60. The van der Waals surface area contributed by atoms with Gasteiger partial charge in [0.15, 0.2) is 0 Å². The van der Waals surface area contributed by atoms with Crippen molar-refractivity contribution in [3.05, 3.63) is 70.1 Å². The summed E-state index contributed by atoms with van der Waals surface area (Å²) in [6.45, 7) is 3.99. The highest BCUT2D eigenvalue weighted by Gasteiger charge is 2.19. The first-order chi connectivity index (χ1) is 17.4. The molecule has 1 aliphatic rings. The van der Waals surface area contributed by atoms with Crippen LogP contribution in [0, 0.1) is 0 Å². The van der Waals surface area contributed by atoms with Gasteiger partial charge in [-0.05, 0) is 61.6 Å². The van der Waals surface area contributed by atoms with Gasteiger partial charge in [-0.15, -0.1) is 11.3 Å². The number of carbonyl (C=O) groups excluding carboxylic acids is 2. The summed E-state index contributed by atoms with van der Waals surface area (Å²) in [5.41, 5.74) is 5.29. The number of H-pyrrole nitrogens is 1. The average Bonchev–Trinajstić information content (AvgIpc) is 3.47. The van der Waals surface area contributed by atoms with Gasteiger partial charge in [0.05, 0.1) is 16.0 Å². The van der Waals surface area contributed by atoms with Gasteiger partial charge in [-0.3, -0.25) is 25.1 Å². The molecule has 0 unspecified atom stereocenters. The molecule has 2 aromatic heterocycles. The number of likely N-dealkylation sites (N-methyl/N-ethyl adjacent to an activating group) is 1. The van der Waals surface area contributed by atoms with E-state index in [1.54, 1.807) is 30.3 Å². The summed E-state index contributed by atoms with van der Waals surface area (Å²) >= 11 is 7.18. The normalized spacial score (nSPS) is 14.1. The third-order valence-electron chi connectivity index (χ3n) is 6.19. The Labute approximate surface area is 217 Å². The highest BCUT2D eigenvalue weighted by atomic mass is 35.5. The summed E-state index contributed by atoms with van der Waals surface area (Å²) < 4.78 is 0. The number of aromatic nitrogens is 2. The molecular weight excluding hydrogens is 498 g/mol. The summed E-state index contributed by atoms with van der Waals surface area (Å²) in [5.74, 6) is -0.0585. The smallest absolute Gasteiger partial charge is 0.279 e. The number of thiophene rings is 1. The Kier molecular flexibility index (Phi) is 6.82. The third-order valence-corrected chi connectivity index (χ3v) is 7.47. The van der Waals surface area contributed by atoms with E-state index in [0.29, 0.717) is 31.5 Å². The number of anilines is 3. The van der Waals surface area contributed by atoms with Crippen LogP contribution in [0.2, 0.25) is 5.02 Å². The van der Waals surface area contributed by atoms with Crippen LogP contribution in [0.5, 0.6) is 0 Å². The minimum atomic E-state index is -0.271. The lowest BCUT2D eigenvalue weighted by atomic mass is 10.1. The molecule has 3 N–H and O–H groups in total. The topological polar surface area (TPSA) is 96.6 Å². The number of hydrazine groups is 1. The molecule has 0 atom stereocenters. The first-order valence-corrected chi connectivity index (χ1v) is 12.7. The molecular formula is C25H26ClN7O2S. The lowest BCUT2D eigenvalue weighted by Crippen LogP contribution is -2.44. The fourth-order valence-corrected chi connectivity index (χ4v) is 5.04. The van der Waals surface area contributed by atoms with E-state index in [2.05, 4.69) is 37.8 Å². The Morgan fingerprint density at radius 2 is 1.72 bits per heavy atom. The number of rotatable bonds is 6. The second-order valence-corrected chi connectivity index (χ2v) is 10.2. The van der Waals surface area contributed by atoms with Crippen molar-refractivity contribution in [2.45, 2.75) is 0 Å². The number of hydrogen-bond acceptors (Lipinski definition) is 7. The van der Waals surface area contributed by atoms with E-state index < -0.39 is 0 Å². The number of carbonyl (C=O) groups is 2. The fraction of sp³-hybridized carbons (Fsp3) is 0.240. The van der Waals surface area contributed by atoms with Crippen molar-refractivity contribution in [2.75, 3.05) is 55.5 Å². The fourth-order valence-electron chi connectivity index (χ4n) is 4.03. The van der Waals surface area contributed by atoms with E-state index in [-0.39, 0.29) is 11.8 Å². The van der Waals surface area contributed by atoms with Crippen LogP contribution in [-0.4, -0.2) is 67.2 Å². The molecule has 4 aromatic rings. The molecule has 1 fully saturated rings. The molecule has 5 rings (SSSR count). The number of amides is 2. The molecule has 186 valence electrons. The number of hydrogen-bond donors (Lipinski definition) is 3. The predicted molar refractivity (Wildman–Crippen MR) is 145 cm³/mol. The SMILES string of the molecule is CN1CCN(c2ccc(C(=O)Nc3[nH]nc4sc(C(=O)NN(C)c5ccc(Cl)cc5)cc34)cc2)CC1. The Morgan fingerprint density at radius 1 is 1.03 bits per heavy atom. The van der Waals surface area contributed by atoms with E-state index in [1.807, 2.05) is 36.4 Å². The number of piperazine rings is 1. The average molecular weight is 524 g/mol. The van der Waals surface area contributed by atoms with Crippen LogP contribution >= 0.6 is 22.9 Å². The molecule has 2 aromatic carbocycles. The third kappa shape index (κ3) is 5.15. The molecule has 0 radical (unpaired) electrons. The lowest BCUT2D eigenvalue weighted by Gasteiger charge is -2.34. The number of benzene rings is 2. The van der Waals surface area contributed by atoms with Gasteiger partial charge in [-0.1, -0.05) is 11.6 Å². The maximum Gasteiger partial charge on any atom is 0.279 e. The lowest BCUT2D eigenvalue weighted by molar-refractivity contribution is 0.0954. The van der Waals surface area contributed by atoms with E-state index in [0.717, 1.165) is 37.6 Å². The molecule has 11 heteroatoms. The zero-order chi connectivity index (χ0) is 25.2. The maximum atomic E-state index is 12.9. The minimum absolute atomic E-state index is 0.245. The number of halogens is 1. The van der Waals surface area contributed by atoms with Crippen LogP contribution < -0.4 is 20.7 Å². The van der Waals surface area contributed by atoms with Crippen molar-refractivity contribution in [3.63, 3.8) is 0 Å². The van der Waals surface area contributed by atoms with Crippen molar-refractivity contribution in [1.29, 1.82) is 0 Å². The Balaban J connectivity index is 1.24. The molecule has 1 aliphatic heterocycles.